The largest absolute Gasteiger partial charge is 0.494 e. The van der Waals surface area contributed by atoms with Gasteiger partial charge in [-0.3, -0.25) is 4.79 Å². The highest BCUT2D eigenvalue weighted by Gasteiger charge is 2.21. The lowest BCUT2D eigenvalue weighted by Crippen LogP contribution is -2.15. The number of fused-ring (bicyclic) bond motifs is 1. The first-order valence-corrected chi connectivity index (χ1v) is 9.52. The van der Waals surface area contributed by atoms with E-state index in [1.165, 1.54) is 0 Å². The van der Waals surface area contributed by atoms with Gasteiger partial charge in [-0.15, -0.1) is 0 Å². The zero-order chi connectivity index (χ0) is 20.8. The van der Waals surface area contributed by atoms with Crippen LogP contribution in [0.1, 0.15) is 31.5 Å². The van der Waals surface area contributed by atoms with Crippen LogP contribution in [0.3, 0.4) is 0 Å². The molecule has 1 heterocycles. The van der Waals surface area contributed by atoms with E-state index in [-0.39, 0.29) is 5.57 Å². The van der Waals surface area contributed by atoms with Crippen LogP contribution in [0.25, 0.3) is 22.6 Å². The summed E-state index contributed by atoms with van der Waals surface area (Å²) in [7, 11) is 0. The van der Waals surface area contributed by atoms with Crippen molar-refractivity contribution in [1.29, 1.82) is 0 Å². The van der Waals surface area contributed by atoms with E-state index in [4.69, 9.17) is 4.74 Å². The second kappa shape index (κ2) is 9.15. The minimum Gasteiger partial charge on any atom is -0.494 e. The number of carbonyl (C=O) groups is 2. The van der Waals surface area contributed by atoms with Crippen molar-refractivity contribution >= 4 is 34.3 Å². The van der Waals surface area contributed by atoms with Gasteiger partial charge in [0.15, 0.2) is 0 Å². The average Bonchev–Trinajstić information content (AvgIpc) is 2.72. The second-order valence-corrected chi connectivity index (χ2v) is 7.18. The Labute approximate surface area is 169 Å². The summed E-state index contributed by atoms with van der Waals surface area (Å²) >= 11 is 0. The molecule has 0 aliphatic carbocycles. The number of ketones is 1. The highest BCUT2D eigenvalue weighted by molar-refractivity contribution is 6.52. The lowest BCUT2D eigenvalue weighted by atomic mass is 10.0. The fourth-order valence-corrected chi connectivity index (χ4v) is 2.83. The van der Waals surface area contributed by atoms with Crippen LogP contribution in [-0.2, 0) is 9.59 Å². The van der Waals surface area contributed by atoms with Gasteiger partial charge >= 0.3 is 5.97 Å². The van der Waals surface area contributed by atoms with Crippen LogP contribution in [0.15, 0.2) is 60.7 Å². The van der Waals surface area contributed by atoms with E-state index in [1.54, 1.807) is 24.3 Å². The fourth-order valence-electron chi connectivity index (χ4n) is 2.83. The third kappa shape index (κ3) is 5.29. The molecular weight excluding hydrogens is 366 g/mol. The Kier molecular flexibility index (Phi) is 6.39. The summed E-state index contributed by atoms with van der Waals surface area (Å²) in [6.45, 7) is 4.91. The molecule has 0 fully saturated rings. The summed E-state index contributed by atoms with van der Waals surface area (Å²) in [5.74, 6) is -1.21. The van der Waals surface area contributed by atoms with Crippen LogP contribution >= 0.6 is 0 Å². The number of carboxylic acid groups (broad SMARTS) is 1. The Morgan fingerprint density at radius 3 is 2.45 bits per heavy atom. The van der Waals surface area contributed by atoms with Gasteiger partial charge in [0.25, 0.3) is 5.78 Å². The van der Waals surface area contributed by atoms with E-state index in [1.807, 2.05) is 42.5 Å². The number of aromatic nitrogens is 1. The molecule has 0 aliphatic rings. The van der Waals surface area contributed by atoms with E-state index in [2.05, 4.69) is 18.8 Å². The van der Waals surface area contributed by atoms with Gasteiger partial charge < -0.3 is 9.84 Å². The molecule has 3 aromatic rings. The van der Waals surface area contributed by atoms with Gasteiger partial charge in [-0.2, -0.15) is 0 Å². The highest BCUT2D eigenvalue weighted by atomic mass is 16.5. The van der Waals surface area contributed by atoms with Crippen molar-refractivity contribution in [2.75, 3.05) is 6.61 Å². The van der Waals surface area contributed by atoms with Gasteiger partial charge in [0, 0.05) is 5.39 Å². The molecule has 2 aromatic carbocycles. The molecule has 5 heteroatoms. The van der Waals surface area contributed by atoms with Crippen molar-refractivity contribution in [3.05, 3.63) is 71.9 Å². The molecule has 0 bridgehead atoms. The maximum Gasteiger partial charge on any atom is 0.377 e. The van der Waals surface area contributed by atoms with Crippen LogP contribution in [0.4, 0.5) is 0 Å². The maximum atomic E-state index is 12.3. The molecule has 0 saturated heterocycles. The van der Waals surface area contributed by atoms with Crippen molar-refractivity contribution in [3.63, 3.8) is 0 Å². The van der Waals surface area contributed by atoms with Crippen molar-refractivity contribution in [2.45, 2.75) is 20.3 Å². The molecule has 0 amide bonds. The van der Waals surface area contributed by atoms with Crippen LogP contribution < -0.4 is 4.74 Å². The van der Waals surface area contributed by atoms with Gasteiger partial charge in [0.2, 0.25) is 0 Å². The number of para-hydroxylation sites is 1. The number of carbonyl (C=O) groups excluding carboxylic acids is 1. The van der Waals surface area contributed by atoms with Crippen LogP contribution in [0.2, 0.25) is 0 Å². The van der Waals surface area contributed by atoms with E-state index in [0.29, 0.717) is 29.3 Å². The molecule has 3 rings (SSSR count). The third-order valence-corrected chi connectivity index (χ3v) is 4.47. The Hall–Kier alpha value is -3.47. The zero-order valence-electron chi connectivity index (χ0n) is 16.5. The average molecular weight is 389 g/mol. The van der Waals surface area contributed by atoms with Crippen LogP contribution in [0, 0.1) is 5.92 Å². The SMILES string of the molecule is CC(C)CCOc1ccc(C=C(C(=O)C(=O)O)c2ccc3ccccc3n2)cc1. The van der Waals surface area contributed by atoms with Gasteiger partial charge in [-0.05, 0) is 48.2 Å². The number of carboxylic acids is 1. The Morgan fingerprint density at radius 1 is 1.03 bits per heavy atom. The molecule has 0 spiro atoms. The fraction of sp³-hybridized carbons (Fsp3) is 0.208. The quantitative estimate of drug-likeness (QED) is 0.440. The smallest absolute Gasteiger partial charge is 0.377 e. The summed E-state index contributed by atoms with van der Waals surface area (Å²) < 4.78 is 5.70. The summed E-state index contributed by atoms with van der Waals surface area (Å²) in [5.41, 5.74) is 1.76. The molecule has 0 unspecified atom stereocenters. The molecular formula is C24H23NO4. The first-order chi connectivity index (χ1) is 13.9. The first-order valence-electron chi connectivity index (χ1n) is 9.52. The molecule has 29 heavy (non-hydrogen) atoms. The number of pyridine rings is 1. The molecule has 0 atom stereocenters. The lowest BCUT2D eigenvalue weighted by molar-refractivity contribution is -0.146. The number of rotatable bonds is 8. The van der Waals surface area contributed by atoms with Crippen LogP contribution in [0.5, 0.6) is 5.75 Å². The van der Waals surface area contributed by atoms with Gasteiger partial charge in [0.1, 0.15) is 5.75 Å². The summed E-state index contributed by atoms with van der Waals surface area (Å²) in [6.07, 6.45) is 2.51. The standard InChI is InChI=1S/C24H23NO4/c1-16(2)13-14-29-19-10-7-17(8-11-19)15-20(23(26)24(27)28)22-12-9-18-5-3-4-6-21(18)25-22/h3-12,15-16H,13-14H2,1-2H3,(H,27,28). The number of hydrogen-bond acceptors (Lipinski definition) is 4. The first kappa shape index (κ1) is 20.3. The number of nitrogens with zero attached hydrogens (tertiary/aromatic N) is 1. The van der Waals surface area contributed by atoms with Crippen molar-refractivity contribution < 1.29 is 19.4 Å². The molecule has 0 saturated carbocycles. The zero-order valence-corrected chi connectivity index (χ0v) is 16.5. The number of Topliss-reactive ketones (excluding diaryl/α,β-unsaturated/α-hetero) is 1. The second-order valence-electron chi connectivity index (χ2n) is 7.18. The molecule has 148 valence electrons. The van der Waals surface area contributed by atoms with E-state index >= 15 is 0 Å². The Balaban J connectivity index is 1.91. The topological polar surface area (TPSA) is 76.5 Å². The summed E-state index contributed by atoms with van der Waals surface area (Å²) in [4.78, 5) is 28.2. The molecule has 1 N–H and O–H groups in total. The molecule has 0 radical (unpaired) electrons. The van der Waals surface area contributed by atoms with E-state index in [0.717, 1.165) is 17.6 Å². The van der Waals surface area contributed by atoms with Crippen molar-refractivity contribution in [2.24, 2.45) is 5.92 Å². The van der Waals surface area contributed by atoms with Gasteiger partial charge in [-0.1, -0.05) is 50.2 Å². The van der Waals surface area contributed by atoms with Crippen LogP contribution in [-0.4, -0.2) is 28.4 Å². The normalized spacial score (nSPS) is 11.6. The number of hydrogen-bond donors (Lipinski definition) is 1. The Morgan fingerprint density at radius 2 is 1.76 bits per heavy atom. The van der Waals surface area contributed by atoms with Crippen molar-refractivity contribution in [1.82, 2.24) is 4.98 Å². The predicted octanol–water partition coefficient (Wildman–Crippen LogP) is 4.85. The van der Waals surface area contributed by atoms with Crippen molar-refractivity contribution in [3.8, 4) is 5.75 Å². The summed E-state index contributed by atoms with van der Waals surface area (Å²) in [5, 5.41) is 10.2. The number of ether oxygens (including phenoxy) is 1. The number of benzene rings is 2. The maximum absolute atomic E-state index is 12.3. The molecule has 5 nitrogen and oxygen atoms in total. The Bertz CT molecular complexity index is 1050. The molecule has 0 aliphatic heterocycles. The summed E-state index contributed by atoms with van der Waals surface area (Å²) in [6, 6.07) is 18.2. The predicted molar refractivity (Wildman–Crippen MR) is 114 cm³/mol. The van der Waals surface area contributed by atoms with Gasteiger partial charge in [0.05, 0.1) is 23.4 Å². The molecule has 1 aromatic heterocycles. The third-order valence-electron chi connectivity index (χ3n) is 4.47. The van der Waals surface area contributed by atoms with E-state index < -0.39 is 11.8 Å². The number of aliphatic carboxylic acids is 1. The lowest BCUT2D eigenvalue weighted by Gasteiger charge is -2.09. The van der Waals surface area contributed by atoms with Gasteiger partial charge in [-0.25, -0.2) is 9.78 Å². The van der Waals surface area contributed by atoms with E-state index in [9.17, 15) is 14.7 Å². The minimum absolute atomic E-state index is 0.0386. The minimum atomic E-state index is -1.51. The highest BCUT2D eigenvalue weighted by Crippen LogP contribution is 2.22. The monoisotopic (exact) mass is 389 g/mol.